The lowest BCUT2D eigenvalue weighted by molar-refractivity contribution is -0.143. The Kier molecular flexibility index (Phi) is 9.76. The Morgan fingerprint density at radius 3 is 2.03 bits per heavy atom. The molecule has 10 nitrogen and oxygen atoms in total. The summed E-state index contributed by atoms with van der Waals surface area (Å²) in [5, 5.41) is 25.8. The van der Waals surface area contributed by atoms with E-state index in [1.165, 1.54) is 0 Å². The molecule has 10 heteroatoms. The number of nitrogens with two attached hydrogens (primary N) is 1. The topological polar surface area (TPSA) is 171 Å². The number of carboxylic acid groups (broad SMARTS) is 1. The monoisotopic (exact) mass is 408 g/mol. The lowest BCUT2D eigenvalue weighted by Crippen LogP contribution is -2.58. The lowest BCUT2D eigenvalue weighted by Gasteiger charge is -2.25. The van der Waals surface area contributed by atoms with Crippen molar-refractivity contribution in [2.75, 3.05) is 13.2 Å². The second-order valence-electron chi connectivity index (χ2n) is 6.83. The molecule has 0 fully saturated rings. The SMILES string of the molecule is CC(C)C(NC(=O)C(Cc1ccccc1)NC(=O)C(CO)NC(=O)CN)C(=O)O. The van der Waals surface area contributed by atoms with E-state index in [0.717, 1.165) is 5.56 Å². The van der Waals surface area contributed by atoms with E-state index in [9.17, 15) is 29.4 Å². The number of aliphatic hydroxyl groups excluding tert-OH is 1. The maximum Gasteiger partial charge on any atom is 0.326 e. The van der Waals surface area contributed by atoms with E-state index in [-0.39, 0.29) is 18.9 Å². The Morgan fingerprint density at radius 1 is 0.966 bits per heavy atom. The van der Waals surface area contributed by atoms with Crippen molar-refractivity contribution in [1.29, 1.82) is 0 Å². The van der Waals surface area contributed by atoms with Crippen LogP contribution in [0.3, 0.4) is 0 Å². The summed E-state index contributed by atoms with van der Waals surface area (Å²) in [4.78, 5) is 48.0. The van der Waals surface area contributed by atoms with Gasteiger partial charge in [0.15, 0.2) is 0 Å². The van der Waals surface area contributed by atoms with Crippen molar-refractivity contribution >= 4 is 23.7 Å². The van der Waals surface area contributed by atoms with Gasteiger partial charge in [-0.05, 0) is 11.5 Å². The van der Waals surface area contributed by atoms with Crippen LogP contribution in [-0.2, 0) is 25.6 Å². The van der Waals surface area contributed by atoms with Crippen LogP contribution in [0.4, 0.5) is 0 Å². The molecule has 160 valence electrons. The molecular weight excluding hydrogens is 380 g/mol. The Labute approximate surface area is 168 Å². The third-order valence-corrected chi connectivity index (χ3v) is 4.17. The molecule has 3 unspecified atom stereocenters. The van der Waals surface area contributed by atoms with Gasteiger partial charge < -0.3 is 31.9 Å². The minimum Gasteiger partial charge on any atom is -0.480 e. The van der Waals surface area contributed by atoms with Gasteiger partial charge in [0.25, 0.3) is 0 Å². The van der Waals surface area contributed by atoms with Gasteiger partial charge in [0.05, 0.1) is 13.2 Å². The summed E-state index contributed by atoms with van der Waals surface area (Å²) in [6.45, 7) is 2.23. The molecule has 0 saturated carbocycles. The number of hydrogen-bond acceptors (Lipinski definition) is 6. The number of hydrogen-bond donors (Lipinski definition) is 6. The summed E-state index contributed by atoms with van der Waals surface area (Å²) in [7, 11) is 0. The molecule has 0 heterocycles. The van der Waals surface area contributed by atoms with Crippen molar-refractivity contribution in [2.45, 2.75) is 38.4 Å². The molecule has 0 bridgehead atoms. The molecule has 3 atom stereocenters. The number of aliphatic hydroxyl groups is 1. The predicted molar refractivity (Wildman–Crippen MR) is 105 cm³/mol. The quantitative estimate of drug-likeness (QED) is 0.255. The van der Waals surface area contributed by atoms with Crippen molar-refractivity contribution in [2.24, 2.45) is 11.7 Å². The Morgan fingerprint density at radius 2 is 1.55 bits per heavy atom. The molecule has 0 aromatic heterocycles. The lowest BCUT2D eigenvalue weighted by atomic mass is 10.0. The number of carbonyl (C=O) groups excluding carboxylic acids is 3. The minimum atomic E-state index is -1.29. The normalized spacial score (nSPS) is 13.8. The highest BCUT2D eigenvalue weighted by molar-refractivity contribution is 5.93. The van der Waals surface area contributed by atoms with Crippen LogP contribution in [0, 0.1) is 5.92 Å². The highest BCUT2D eigenvalue weighted by Crippen LogP contribution is 2.07. The van der Waals surface area contributed by atoms with Crippen molar-refractivity contribution in [3.63, 3.8) is 0 Å². The molecule has 29 heavy (non-hydrogen) atoms. The molecule has 0 aliphatic heterocycles. The highest BCUT2D eigenvalue weighted by Gasteiger charge is 2.30. The Balaban J connectivity index is 3.00. The number of benzene rings is 1. The molecular formula is C19H28N4O6. The van der Waals surface area contributed by atoms with Gasteiger partial charge in [-0.2, -0.15) is 0 Å². The third kappa shape index (κ3) is 7.88. The summed E-state index contributed by atoms with van der Waals surface area (Å²) in [6.07, 6.45) is 0.0891. The highest BCUT2D eigenvalue weighted by atomic mass is 16.4. The number of nitrogens with one attached hydrogen (secondary N) is 3. The first-order chi connectivity index (χ1) is 13.7. The molecule has 0 radical (unpaired) electrons. The van der Waals surface area contributed by atoms with Gasteiger partial charge in [-0.1, -0.05) is 44.2 Å². The summed E-state index contributed by atoms with van der Waals surface area (Å²) in [6, 6.07) is 5.28. The zero-order chi connectivity index (χ0) is 22.0. The smallest absolute Gasteiger partial charge is 0.326 e. The number of carboxylic acids is 1. The van der Waals surface area contributed by atoms with Crippen molar-refractivity contribution < 1.29 is 29.4 Å². The molecule has 1 aromatic carbocycles. The Bertz CT molecular complexity index is 710. The van der Waals surface area contributed by atoms with Gasteiger partial charge >= 0.3 is 5.97 Å². The number of aliphatic carboxylic acids is 1. The molecule has 3 amide bonds. The second kappa shape index (κ2) is 11.8. The standard InChI is InChI=1S/C19H28N4O6/c1-11(2)16(19(28)29)23-17(26)13(8-12-6-4-3-5-7-12)22-18(27)14(10-24)21-15(25)9-20/h3-7,11,13-14,16,24H,8-10,20H2,1-2H3,(H,21,25)(H,22,27)(H,23,26)(H,28,29). The van der Waals surface area contributed by atoms with Gasteiger partial charge in [-0.3, -0.25) is 14.4 Å². The predicted octanol–water partition coefficient (Wildman–Crippen LogP) is -1.62. The van der Waals surface area contributed by atoms with E-state index in [1.54, 1.807) is 44.2 Å². The summed E-state index contributed by atoms with van der Waals surface area (Å²) in [5.74, 6) is -3.69. The van der Waals surface area contributed by atoms with Crippen molar-refractivity contribution in [3.8, 4) is 0 Å². The van der Waals surface area contributed by atoms with Crippen LogP contribution >= 0.6 is 0 Å². The van der Waals surface area contributed by atoms with Crippen LogP contribution in [-0.4, -0.2) is 65.2 Å². The zero-order valence-electron chi connectivity index (χ0n) is 16.4. The number of rotatable bonds is 11. The molecule has 1 rings (SSSR count). The van der Waals surface area contributed by atoms with Crippen LogP contribution in [0.5, 0.6) is 0 Å². The minimum absolute atomic E-state index is 0.0891. The van der Waals surface area contributed by atoms with E-state index in [4.69, 9.17) is 5.73 Å². The first-order valence-corrected chi connectivity index (χ1v) is 9.17. The summed E-state index contributed by atoms with van der Waals surface area (Å²) >= 11 is 0. The average molecular weight is 408 g/mol. The summed E-state index contributed by atoms with van der Waals surface area (Å²) in [5.41, 5.74) is 5.93. The fourth-order valence-corrected chi connectivity index (χ4v) is 2.55. The molecule has 0 spiro atoms. The van der Waals surface area contributed by atoms with Gasteiger partial charge in [0, 0.05) is 6.42 Å². The average Bonchev–Trinajstić information content (AvgIpc) is 2.69. The van der Waals surface area contributed by atoms with E-state index in [0.29, 0.717) is 0 Å². The number of amides is 3. The molecule has 0 aliphatic rings. The number of carbonyl (C=O) groups is 4. The van der Waals surface area contributed by atoms with E-state index >= 15 is 0 Å². The van der Waals surface area contributed by atoms with Gasteiger partial charge in [-0.25, -0.2) is 4.79 Å². The van der Waals surface area contributed by atoms with Crippen LogP contribution in [0.1, 0.15) is 19.4 Å². The van der Waals surface area contributed by atoms with Crippen LogP contribution < -0.4 is 21.7 Å². The van der Waals surface area contributed by atoms with Gasteiger partial charge in [-0.15, -0.1) is 0 Å². The van der Waals surface area contributed by atoms with E-state index in [1.807, 2.05) is 0 Å². The molecule has 0 saturated heterocycles. The van der Waals surface area contributed by atoms with Crippen LogP contribution in [0.15, 0.2) is 30.3 Å². The van der Waals surface area contributed by atoms with E-state index in [2.05, 4.69) is 16.0 Å². The maximum atomic E-state index is 12.7. The van der Waals surface area contributed by atoms with Gasteiger partial charge in [0.2, 0.25) is 17.7 Å². The maximum absolute atomic E-state index is 12.7. The van der Waals surface area contributed by atoms with Gasteiger partial charge in [0.1, 0.15) is 18.1 Å². The largest absolute Gasteiger partial charge is 0.480 e. The Hall–Kier alpha value is -2.98. The molecule has 1 aromatic rings. The fourth-order valence-electron chi connectivity index (χ4n) is 2.55. The molecule has 7 N–H and O–H groups in total. The first kappa shape index (κ1) is 24.1. The van der Waals surface area contributed by atoms with Crippen molar-refractivity contribution in [3.05, 3.63) is 35.9 Å². The van der Waals surface area contributed by atoms with Crippen LogP contribution in [0.25, 0.3) is 0 Å². The zero-order valence-corrected chi connectivity index (χ0v) is 16.4. The summed E-state index contributed by atoms with van der Waals surface area (Å²) < 4.78 is 0. The fraction of sp³-hybridized carbons (Fsp3) is 0.474. The van der Waals surface area contributed by atoms with E-state index < -0.39 is 48.4 Å². The second-order valence-corrected chi connectivity index (χ2v) is 6.83. The van der Waals surface area contributed by atoms with Crippen LogP contribution in [0.2, 0.25) is 0 Å². The third-order valence-electron chi connectivity index (χ3n) is 4.17. The van der Waals surface area contributed by atoms with Crippen molar-refractivity contribution in [1.82, 2.24) is 16.0 Å². The molecule has 0 aliphatic carbocycles. The first-order valence-electron chi connectivity index (χ1n) is 9.17.